The van der Waals surface area contributed by atoms with Gasteiger partial charge in [0.25, 0.3) is 5.56 Å². The molecule has 2 aliphatic rings. The van der Waals surface area contributed by atoms with Gasteiger partial charge in [-0.15, -0.1) is 11.3 Å². The van der Waals surface area contributed by atoms with E-state index in [2.05, 4.69) is 15.3 Å². The van der Waals surface area contributed by atoms with E-state index in [0.717, 1.165) is 21.6 Å². The van der Waals surface area contributed by atoms with Crippen LogP contribution in [-0.4, -0.2) is 86.4 Å². The zero-order valence-electron chi connectivity index (χ0n) is 19.0. The number of thiazole rings is 1. The van der Waals surface area contributed by atoms with Crippen LogP contribution in [0.5, 0.6) is 0 Å². The molecule has 34 heavy (non-hydrogen) atoms. The molecule has 0 unspecified atom stereocenters. The van der Waals surface area contributed by atoms with E-state index >= 15 is 0 Å². The molecule has 12 heteroatoms. The second-order valence-electron chi connectivity index (χ2n) is 8.84. The van der Waals surface area contributed by atoms with Crippen LogP contribution in [0.2, 0.25) is 0 Å². The van der Waals surface area contributed by atoms with Crippen molar-refractivity contribution in [2.45, 2.75) is 38.5 Å². The fraction of sp³-hybridized carbons (Fsp3) is 0.545. The lowest BCUT2D eigenvalue weighted by atomic mass is 10.1. The normalized spacial score (nSPS) is 25.3. The molecular formula is C22H28N6O5S. The maximum atomic E-state index is 13.4. The van der Waals surface area contributed by atoms with E-state index in [1.54, 1.807) is 0 Å². The van der Waals surface area contributed by atoms with Gasteiger partial charge in [0.1, 0.15) is 28.0 Å². The van der Waals surface area contributed by atoms with Crippen LogP contribution in [0.3, 0.4) is 0 Å². The number of H-pyrrole nitrogens is 1. The molecule has 4 atom stereocenters. The molecule has 0 radical (unpaired) electrons. The van der Waals surface area contributed by atoms with Gasteiger partial charge in [0, 0.05) is 31.3 Å². The van der Waals surface area contributed by atoms with Crippen molar-refractivity contribution in [3.8, 4) is 10.6 Å². The van der Waals surface area contributed by atoms with Crippen molar-refractivity contribution in [1.29, 1.82) is 0 Å². The molecule has 0 aromatic carbocycles. The second-order valence-corrected chi connectivity index (χ2v) is 9.87. The molecule has 0 amide bonds. The topological polar surface area (TPSA) is 157 Å². The molecule has 0 bridgehead atoms. The molecule has 1 aliphatic carbocycles. The van der Waals surface area contributed by atoms with E-state index in [-0.39, 0.29) is 23.5 Å². The van der Waals surface area contributed by atoms with Gasteiger partial charge in [0.05, 0.1) is 35.8 Å². The number of aliphatic hydroxyl groups is 3. The Bertz CT molecular complexity index is 1260. The largest absolute Gasteiger partial charge is 0.396 e. The lowest BCUT2D eigenvalue weighted by Crippen LogP contribution is -2.39. The Labute approximate surface area is 199 Å². The number of nitrogens with one attached hydrogen (secondary N) is 2. The van der Waals surface area contributed by atoms with Gasteiger partial charge in [-0.25, -0.2) is 4.98 Å². The Hall–Kier alpha value is -2.64. The minimum atomic E-state index is -1.11. The van der Waals surface area contributed by atoms with Gasteiger partial charge in [0.15, 0.2) is 0 Å². The van der Waals surface area contributed by atoms with Gasteiger partial charge in [-0.05, 0) is 26.3 Å². The number of fused-ring (bicyclic) bond motifs is 1. The molecule has 0 spiro atoms. The Morgan fingerprint density at radius 3 is 2.68 bits per heavy atom. The zero-order chi connectivity index (χ0) is 24.0. The van der Waals surface area contributed by atoms with Gasteiger partial charge in [-0.1, -0.05) is 0 Å². The van der Waals surface area contributed by atoms with Crippen LogP contribution in [0, 0.1) is 19.8 Å². The quantitative estimate of drug-likeness (QED) is 0.341. The predicted octanol–water partition coefficient (Wildman–Crippen LogP) is 0.410. The van der Waals surface area contributed by atoms with E-state index in [9.17, 15) is 20.1 Å². The molecule has 4 heterocycles. The van der Waals surface area contributed by atoms with E-state index in [1.807, 2.05) is 24.8 Å². The highest BCUT2D eigenvalue weighted by Crippen LogP contribution is 2.35. The van der Waals surface area contributed by atoms with Crippen molar-refractivity contribution in [1.82, 2.24) is 19.9 Å². The lowest BCUT2D eigenvalue weighted by molar-refractivity contribution is 0.00446. The van der Waals surface area contributed by atoms with Crippen LogP contribution in [0.4, 0.5) is 11.8 Å². The van der Waals surface area contributed by atoms with Gasteiger partial charge >= 0.3 is 0 Å². The number of aryl methyl sites for hydroxylation is 2. The fourth-order valence-corrected chi connectivity index (χ4v) is 5.81. The first-order valence-electron chi connectivity index (χ1n) is 11.3. The van der Waals surface area contributed by atoms with Crippen molar-refractivity contribution in [2.75, 3.05) is 43.1 Å². The van der Waals surface area contributed by atoms with Gasteiger partial charge in [0.2, 0.25) is 5.95 Å². The number of anilines is 2. The summed E-state index contributed by atoms with van der Waals surface area (Å²) in [6.07, 6.45) is -1.84. The smallest absolute Gasteiger partial charge is 0.264 e. The molecule has 1 aliphatic heterocycles. The summed E-state index contributed by atoms with van der Waals surface area (Å²) in [5.41, 5.74) is 2.29. The highest BCUT2D eigenvalue weighted by molar-refractivity contribution is 7.21. The lowest BCUT2D eigenvalue weighted by Gasteiger charge is -2.28. The predicted molar refractivity (Wildman–Crippen MR) is 128 cm³/mol. The van der Waals surface area contributed by atoms with Gasteiger partial charge in [-0.3, -0.25) is 14.8 Å². The average Bonchev–Trinajstić information content (AvgIpc) is 3.35. The van der Waals surface area contributed by atoms with Crippen LogP contribution in [0.1, 0.15) is 17.8 Å². The molecule has 11 nitrogen and oxygen atoms in total. The summed E-state index contributed by atoms with van der Waals surface area (Å²) in [4.78, 5) is 32.1. The first-order valence-corrected chi connectivity index (χ1v) is 12.1. The summed E-state index contributed by atoms with van der Waals surface area (Å²) in [6, 6.07) is 1.35. The Morgan fingerprint density at radius 2 is 1.97 bits per heavy atom. The summed E-state index contributed by atoms with van der Waals surface area (Å²) in [7, 11) is 0. The number of hydrogen-bond donors (Lipinski definition) is 5. The van der Waals surface area contributed by atoms with Crippen LogP contribution in [0.25, 0.3) is 20.8 Å². The number of aromatic amines is 1. The van der Waals surface area contributed by atoms with Crippen LogP contribution < -0.4 is 15.8 Å². The minimum Gasteiger partial charge on any atom is -0.396 e. The van der Waals surface area contributed by atoms with E-state index < -0.39 is 24.2 Å². The summed E-state index contributed by atoms with van der Waals surface area (Å²) in [5.74, 6) is 0.221. The molecular weight excluding hydrogens is 460 g/mol. The minimum absolute atomic E-state index is 0.241. The Morgan fingerprint density at radius 1 is 1.21 bits per heavy atom. The number of aliphatic hydroxyl groups excluding tert-OH is 3. The van der Waals surface area contributed by atoms with E-state index in [0.29, 0.717) is 43.7 Å². The molecule has 1 saturated carbocycles. The van der Waals surface area contributed by atoms with Crippen molar-refractivity contribution >= 4 is 33.3 Å². The third-order valence-electron chi connectivity index (χ3n) is 6.47. The summed E-state index contributed by atoms with van der Waals surface area (Å²) in [6.45, 7) is 5.79. The first-order chi connectivity index (χ1) is 16.4. The zero-order valence-corrected chi connectivity index (χ0v) is 19.8. The van der Waals surface area contributed by atoms with E-state index in [1.165, 1.54) is 11.3 Å². The number of aromatic nitrogens is 4. The summed E-state index contributed by atoms with van der Waals surface area (Å²) < 4.78 is 6.33. The SMILES string of the molecule is Cc1cc2sc(-c3c(N[C@@H]4C[C@H](CO)[C@@H](O)[C@H]4O)nc(N4CCOCC4)[nH]c3=O)nc2c(C)n1. The monoisotopic (exact) mass is 488 g/mol. The Kier molecular flexibility index (Phi) is 6.25. The van der Waals surface area contributed by atoms with Crippen molar-refractivity contribution < 1.29 is 20.1 Å². The molecule has 5 N–H and O–H groups in total. The molecule has 182 valence electrons. The average molecular weight is 489 g/mol. The second kappa shape index (κ2) is 9.19. The van der Waals surface area contributed by atoms with Crippen LogP contribution in [-0.2, 0) is 4.74 Å². The molecule has 3 aromatic rings. The number of nitrogens with zero attached hydrogens (tertiary/aromatic N) is 4. The number of pyridine rings is 1. The van der Waals surface area contributed by atoms with Gasteiger partial charge < -0.3 is 30.3 Å². The summed E-state index contributed by atoms with van der Waals surface area (Å²) >= 11 is 1.38. The molecule has 5 rings (SSSR count). The molecule has 2 fully saturated rings. The highest BCUT2D eigenvalue weighted by Gasteiger charge is 2.41. The third-order valence-corrected chi connectivity index (χ3v) is 7.49. The highest BCUT2D eigenvalue weighted by atomic mass is 32.1. The number of hydrogen-bond acceptors (Lipinski definition) is 11. The number of morpholine rings is 1. The maximum Gasteiger partial charge on any atom is 0.264 e. The molecule has 1 saturated heterocycles. The maximum absolute atomic E-state index is 13.4. The van der Waals surface area contributed by atoms with Crippen LogP contribution >= 0.6 is 11.3 Å². The van der Waals surface area contributed by atoms with E-state index in [4.69, 9.17) is 14.7 Å². The number of rotatable bonds is 5. The Balaban J connectivity index is 1.60. The number of ether oxygens (including phenoxy) is 1. The fourth-order valence-electron chi connectivity index (χ4n) is 4.65. The van der Waals surface area contributed by atoms with Crippen LogP contribution in [0.15, 0.2) is 10.9 Å². The first kappa shape index (κ1) is 23.1. The third kappa shape index (κ3) is 4.16. The molecule has 3 aromatic heterocycles. The van der Waals surface area contributed by atoms with Crippen molar-refractivity contribution in [2.24, 2.45) is 5.92 Å². The van der Waals surface area contributed by atoms with Crippen molar-refractivity contribution in [3.05, 3.63) is 27.8 Å². The van der Waals surface area contributed by atoms with Gasteiger partial charge in [-0.2, -0.15) is 4.98 Å². The van der Waals surface area contributed by atoms with Crippen molar-refractivity contribution in [3.63, 3.8) is 0 Å². The summed E-state index contributed by atoms with van der Waals surface area (Å²) in [5, 5.41) is 34.1. The standard InChI is InChI=1S/C22H28N6O5S/c1-10-7-14-16(11(2)23-10)25-21(34-14)15-19(24-13-8-12(9-29)17(30)18(13)31)26-22(27-20(15)32)28-3-5-33-6-4-28/h7,12-13,17-18,29-31H,3-6,8-9H2,1-2H3,(H2,24,26,27,32)/t12-,13-,17-,18+/m1/s1.